The molecule has 29 heavy (non-hydrogen) atoms. The van der Waals surface area contributed by atoms with E-state index in [1.54, 1.807) is 27.7 Å². The number of anilines is 1. The van der Waals surface area contributed by atoms with Gasteiger partial charge in [0.1, 0.15) is 28.7 Å². The Morgan fingerprint density at radius 1 is 1.31 bits per heavy atom. The van der Waals surface area contributed by atoms with E-state index in [0.717, 1.165) is 11.1 Å². The maximum atomic E-state index is 12.8. The lowest BCUT2D eigenvalue weighted by Crippen LogP contribution is -2.56. The standard InChI is InChI=1S/C20H23N3O5S/c1-12(2)18(20(25)27-11-15-8-6-5-7-9-15)23-16(24)10-17(23)29(26)22-19-13(3)14(4)21-28-19/h5-9,17,22H,10-11H2,1-4H3/t17-,29?/m1/s1. The molecule has 3 rings (SSSR count). The first-order valence-corrected chi connectivity index (χ1v) is 10.3. The average Bonchev–Trinajstić information content (AvgIpc) is 3.00. The van der Waals surface area contributed by atoms with Crippen LogP contribution in [0.25, 0.3) is 0 Å². The zero-order chi connectivity index (χ0) is 21.1. The van der Waals surface area contributed by atoms with Crippen LogP contribution in [0.4, 0.5) is 5.88 Å². The topological polar surface area (TPSA) is 102 Å². The number of β-lactam (4-membered cyclic amide) rings is 1. The summed E-state index contributed by atoms with van der Waals surface area (Å²) in [6, 6.07) is 9.25. The maximum Gasteiger partial charge on any atom is 0.355 e. The number of likely N-dealkylation sites (tertiary alicyclic amines) is 1. The van der Waals surface area contributed by atoms with Crippen molar-refractivity contribution in [1.82, 2.24) is 10.1 Å². The molecule has 1 N–H and O–H groups in total. The third-order valence-electron chi connectivity index (χ3n) is 4.62. The number of ether oxygens (including phenoxy) is 1. The molecule has 2 aromatic rings. The number of rotatable bonds is 7. The summed E-state index contributed by atoms with van der Waals surface area (Å²) in [5, 5.41) is 3.11. The molecule has 154 valence electrons. The van der Waals surface area contributed by atoms with Crippen molar-refractivity contribution < 1.29 is 23.1 Å². The molecule has 0 bridgehead atoms. The first kappa shape index (κ1) is 20.8. The molecule has 1 aromatic heterocycles. The van der Waals surface area contributed by atoms with Gasteiger partial charge in [-0.25, -0.2) is 9.00 Å². The molecule has 0 aliphatic carbocycles. The van der Waals surface area contributed by atoms with E-state index in [-0.39, 0.29) is 30.5 Å². The Hall–Kier alpha value is -2.94. The van der Waals surface area contributed by atoms with Crippen LogP contribution in [0.15, 0.2) is 46.1 Å². The second-order valence-corrected chi connectivity index (χ2v) is 8.30. The number of nitrogens with one attached hydrogen (secondary N) is 1. The van der Waals surface area contributed by atoms with Crippen molar-refractivity contribution in [3.63, 3.8) is 0 Å². The van der Waals surface area contributed by atoms with E-state index in [2.05, 4.69) is 9.88 Å². The molecule has 0 spiro atoms. The van der Waals surface area contributed by atoms with Crippen LogP contribution < -0.4 is 4.72 Å². The van der Waals surface area contributed by atoms with Gasteiger partial charge in [0.2, 0.25) is 11.8 Å². The van der Waals surface area contributed by atoms with Gasteiger partial charge in [-0.05, 0) is 38.8 Å². The van der Waals surface area contributed by atoms with Crippen LogP contribution in [-0.4, -0.2) is 31.5 Å². The fourth-order valence-corrected chi connectivity index (χ4v) is 4.05. The summed E-state index contributed by atoms with van der Waals surface area (Å²) >= 11 is 0. The van der Waals surface area contributed by atoms with Gasteiger partial charge in [0.05, 0.1) is 12.1 Å². The fourth-order valence-electron chi connectivity index (χ4n) is 2.83. The Kier molecular flexibility index (Phi) is 6.17. The quantitative estimate of drug-likeness (QED) is 0.422. The molecule has 1 fully saturated rings. The number of aryl methyl sites for hydroxylation is 1. The molecule has 9 heteroatoms. The predicted octanol–water partition coefficient (Wildman–Crippen LogP) is 2.96. The van der Waals surface area contributed by atoms with Crippen molar-refractivity contribution in [2.75, 3.05) is 4.72 Å². The number of carbonyl (C=O) groups excluding carboxylic acids is 2. The minimum Gasteiger partial charge on any atom is -0.456 e. The summed E-state index contributed by atoms with van der Waals surface area (Å²) < 4.78 is 26.0. The SMILES string of the molecule is CC(C)=C(C(=O)OCc1ccccc1)N1C(=O)C[C@H]1S(=O)Nc1onc(C)c1C. The molecule has 1 aromatic carbocycles. The molecular formula is C20H23N3O5S. The number of amides is 1. The van der Waals surface area contributed by atoms with Crippen LogP contribution >= 0.6 is 0 Å². The summed E-state index contributed by atoms with van der Waals surface area (Å²) in [6.45, 7) is 7.07. The number of aromatic nitrogens is 1. The van der Waals surface area contributed by atoms with E-state index in [4.69, 9.17) is 9.26 Å². The minimum atomic E-state index is -1.69. The van der Waals surface area contributed by atoms with Gasteiger partial charge in [-0.2, -0.15) is 0 Å². The van der Waals surface area contributed by atoms with E-state index < -0.39 is 22.3 Å². The summed E-state index contributed by atoms with van der Waals surface area (Å²) in [5.74, 6) is -0.635. The van der Waals surface area contributed by atoms with E-state index in [1.807, 2.05) is 30.3 Å². The van der Waals surface area contributed by atoms with Crippen molar-refractivity contribution in [2.24, 2.45) is 0 Å². The van der Waals surface area contributed by atoms with Crippen molar-refractivity contribution >= 4 is 28.7 Å². The summed E-state index contributed by atoms with van der Waals surface area (Å²) in [7, 11) is -1.69. The molecule has 0 saturated carbocycles. The van der Waals surface area contributed by atoms with E-state index in [9.17, 15) is 13.8 Å². The lowest BCUT2D eigenvalue weighted by atomic mass is 10.1. The van der Waals surface area contributed by atoms with Crippen molar-refractivity contribution in [3.8, 4) is 0 Å². The highest BCUT2D eigenvalue weighted by molar-refractivity contribution is 7.87. The Morgan fingerprint density at radius 3 is 2.55 bits per heavy atom. The lowest BCUT2D eigenvalue weighted by Gasteiger charge is -2.40. The Morgan fingerprint density at radius 2 is 2.00 bits per heavy atom. The van der Waals surface area contributed by atoms with Crippen molar-refractivity contribution in [2.45, 2.75) is 46.1 Å². The molecule has 1 amide bonds. The molecule has 0 radical (unpaired) electrons. The van der Waals surface area contributed by atoms with E-state index in [0.29, 0.717) is 11.3 Å². The summed E-state index contributed by atoms with van der Waals surface area (Å²) in [6.07, 6.45) is 0.0501. The van der Waals surface area contributed by atoms with Crippen LogP contribution in [0.3, 0.4) is 0 Å². The van der Waals surface area contributed by atoms with Gasteiger partial charge in [-0.1, -0.05) is 35.5 Å². The van der Waals surface area contributed by atoms with E-state index in [1.165, 1.54) is 4.90 Å². The van der Waals surface area contributed by atoms with Gasteiger partial charge in [0, 0.05) is 5.56 Å². The number of benzene rings is 1. The minimum absolute atomic E-state index is 0.0501. The smallest absolute Gasteiger partial charge is 0.355 e. The van der Waals surface area contributed by atoms with E-state index >= 15 is 0 Å². The lowest BCUT2D eigenvalue weighted by molar-refractivity contribution is -0.150. The Balaban J connectivity index is 1.73. The highest BCUT2D eigenvalue weighted by Crippen LogP contribution is 2.31. The number of carbonyl (C=O) groups is 2. The van der Waals surface area contributed by atoms with Gasteiger partial charge in [0.15, 0.2) is 0 Å². The molecule has 1 saturated heterocycles. The van der Waals surface area contributed by atoms with Gasteiger partial charge < -0.3 is 9.26 Å². The number of hydrogen-bond acceptors (Lipinski definition) is 6. The van der Waals surface area contributed by atoms with Crippen molar-refractivity contribution in [1.29, 1.82) is 0 Å². The van der Waals surface area contributed by atoms with Crippen LogP contribution in [0.5, 0.6) is 0 Å². The Labute approximate surface area is 171 Å². The van der Waals surface area contributed by atoms with Gasteiger partial charge >= 0.3 is 5.97 Å². The highest BCUT2D eigenvalue weighted by atomic mass is 32.2. The zero-order valence-electron chi connectivity index (χ0n) is 16.7. The molecule has 1 unspecified atom stereocenters. The zero-order valence-corrected chi connectivity index (χ0v) is 17.5. The van der Waals surface area contributed by atoms with Gasteiger partial charge in [-0.3, -0.25) is 14.4 Å². The van der Waals surface area contributed by atoms with Crippen LogP contribution in [0, 0.1) is 13.8 Å². The number of nitrogens with zero attached hydrogens (tertiary/aromatic N) is 2. The second-order valence-electron chi connectivity index (χ2n) is 6.95. The summed E-state index contributed by atoms with van der Waals surface area (Å²) in [5.41, 5.74) is 2.97. The average molecular weight is 417 g/mol. The van der Waals surface area contributed by atoms with Gasteiger partial charge in [-0.15, -0.1) is 0 Å². The van der Waals surface area contributed by atoms with Crippen LogP contribution in [0.1, 0.15) is 37.1 Å². The molecular weight excluding hydrogens is 394 g/mol. The molecule has 2 heterocycles. The van der Waals surface area contributed by atoms with Crippen molar-refractivity contribution in [3.05, 3.63) is 58.4 Å². The third kappa shape index (κ3) is 4.40. The predicted molar refractivity (Wildman–Crippen MR) is 108 cm³/mol. The highest BCUT2D eigenvalue weighted by Gasteiger charge is 2.45. The summed E-state index contributed by atoms with van der Waals surface area (Å²) in [4.78, 5) is 26.2. The monoisotopic (exact) mass is 417 g/mol. The number of hydrogen-bond donors (Lipinski definition) is 1. The first-order chi connectivity index (χ1) is 13.8. The van der Waals surface area contributed by atoms with Crippen LogP contribution in [-0.2, 0) is 31.9 Å². The third-order valence-corrected chi connectivity index (χ3v) is 5.88. The molecule has 8 nitrogen and oxygen atoms in total. The maximum absolute atomic E-state index is 12.8. The second kappa shape index (κ2) is 8.60. The molecule has 2 atom stereocenters. The number of allylic oxidation sites excluding steroid dienone is 1. The largest absolute Gasteiger partial charge is 0.456 e. The molecule has 1 aliphatic heterocycles. The fraction of sp³-hybridized carbons (Fsp3) is 0.350. The molecule has 1 aliphatic rings. The Bertz CT molecular complexity index is 979. The van der Waals surface area contributed by atoms with Gasteiger partial charge in [0.25, 0.3) is 0 Å². The number of esters is 1. The van der Waals surface area contributed by atoms with Crippen LogP contribution in [0.2, 0.25) is 0 Å². The first-order valence-electron chi connectivity index (χ1n) is 9.10. The normalized spacial score (nSPS) is 16.8.